The highest BCUT2D eigenvalue weighted by molar-refractivity contribution is 14.1. The molecule has 0 fully saturated rings. The quantitative estimate of drug-likeness (QED) is 0.670. The molecule has 0 bridgehead atoms. The fourth-order valence-corrected chi connectivity index (χ4v) is 3.33. The van der Waals surface area contributed by atoms with Gasteiger partial charge in [0.15, 0.2) is 5.78 Å². The number of hydrogen-bond donors (Lipinski definition) is 1. The molecule has 0 amide bonds. The molecule has 23 heavy (non-hydrogen) atoms. The Balaban J connectivity index is 2.44. The Morgan fingerprint density at radius 1 is 1.09 bits per heavy atom. The summed E-state index contributed by atoms with van der Waals surface area (Å²) in [6, 6.07) is 7.90. The number of rotatable bonds is 2. The number of aromatic hydroxyl groups is 1. The lowest BCUT2D eigenvalue weighted by Crippen LogP contribution is -2.16. The van der Waals surface area contributed by atoms with Crippen LogP contribution in [0.25, 0.3) is 17.2 Å². The van der Waals surface area contributed by atoms with Crippen molar-refractivity contribution in [2.75, 3.05) is 0 Å². The molecule has 1 aliphatic rings. The standard InChI is InChI=1S/C18H10ClIO3/c1-2-9-3-5-11-15(22)8-13(20)18(23)17(11)16(9)12-7-10(19)4-6-14(12)21/h2-8,21H,1H2. The SMILES string of the molecule is C=Cc1ccc2c(c1-c1cc(Cl)ccc1O)C(=O)C(I)=CC2=O. The molecule has 0 atom stereocenters. The maximum atomic E-state index is 12.6. The largest absolute Gasteiger partial charge is 0.507 e. The number of halogens is 2. The van der Waals surface area contributed by atoms with Gasteiger partial charge in [0.2, 0.25) is 5.78 Å². The summed E-state index contributed by atoms with van der Waals surface area (Å²) in [5.74, 6) is -0.503. The van der Waals surface area contributed by atoms with Gasteiger partial charge in [-0.1, -0.05) is 30.3 Å². The van der Waals surface area contributed by atoms with E-state index >= 15 is 0 Å². The Morgan fingerprint density at radius 2 is 1.83 bits per heavy atom. The number of carbonyl (C=O) groups is 2. The molecule has 114 valence electrons. The van der Waals surface area contributed by atoms with Gasteiger partial charge < -0.3 is 5.11 Å². The summed E-state index contributed by atoms with van der Waals surface area (Å²) in [6.07, 6.45) is 2.90. The maximum Gasteiger partial charge on any atom is 0.200 e. The van der Waals surface area contributed by atoms with Crippen LogP contribution in [0, 0.1) is 0 Å². The number of phenols is 1. The second-order valence-corrected chi connectivity index (χ2v) is 6.60. The number of carbonyl (C=O) groups excluding carboxylic acids is 2. The van der Waals surface area contributed by atoms with Gasteiger partial charge in [0.1, 0.15) is 5.75 Å². The van der Waals surface area contributed by atoms with Crippen LogP contribution in [0.2, 0.25) is 5.02 Å². The molecule has 3 rings (SSSR count). The van der Waals surface area contributed by atoms with Crippen molar-refractivity contribution in [1.82, 2.24) is 0 Å². The summed E-state index contributed by atoms with van der Waals surface area (Å²) in [5, 5.41) is 10.6. The van der Waals surface area contributed by atoms with Gasteiger partial charge in [-0.2, -0.15) is 0 Å². The number of fused-ring (bicyclic) bond motifs is 1. The third-order valence-corrected chi connectivity index (χ3v) is 4.69. The van der Waals surface area contributed by atoms with E-state index in [1.807, 2.05) is 22.6 Å². The predicted molar refractivity (Wildman–Crippen MR) is 99.4 cm³/mol. The van der Waals surface area contributed by atoms with E-state index in [0.717, 1.165) is 0 Å². The van der Waals surface area contributed by atoms with Crippen molar-refractivity contribution < 1.29 is 14.7 Å². The molecule has 2 aromatic carbocycles. The number of benzene rings is 2. The van der Waals surface area contributed by atoms with Crippen molar-refractivity contribution in [3.8, 4) is 16.9 Å². The maximum absolute atomic E-state index is 12.6. The van der Waals surface area contributed by atoms with Gasteiger partial charge in [0.05, 0.1) is 3.58 Å². The van der Waals surface area contributed by atoms with Crippen LogP contribution in [0.5, 0.6) is 5.75 Å². The van der Waals surface area contributed by atoms with Crippen LogP contribution in [-0.4, -0.2) is 16.7 Å². The Kier molecular flexibility index (Phi) is 4.12. The molecule has 5 heteroatoms. The van der Waals surface area contributed by atoms with Crippen molar-refractivity contribution in [1.29, 1.82) is 0 Å². The molecule has 3 nitrogen and oxygen atoms in total. The van der Waals surface area contributed by atoms with Gasteiger partial charge in [0.25, 0.3) is 0 Å². The highest BCUT2D eigenvalue weighted by atomic mass is 127. The average Bonchev–Trinajstić information content (AvgIpc) is 2.53. The first-order valence-corrected chi connectivity index (χ1v) is 8.14. The van der Waals surface area contributed by atoms with E-state index in [4.69, 9.17) is 11.6 Å². The summed E-state index contributed by atoms with van der Waals surface area (Å²) in [5.41, 5.74) is 2.11. The minimum Gasteiger partial charge on any atom is -0.507 e. The van der Waals surface area contributed by atoms with Crippen LogP contribution in [0.4, 0.5) is 0 Å². The van der Waals surface area contributed by atoms with Crippen molar-refractivity contribution in [2.45, 2.75) is 0 Å². The van der Waals surface area contributed by atoms with Crippen LogP contribution < -0.4 is 0 Å². The minimum atomic E-state index is -0.252. The average molecular weight is 437 g/mol. The molecule has 0 aliphatic heterocycles. The molecule has 0 radical (unpaired) electrons. The Bertz CT molecular complexity index is 913. The lowest BCUT2D eigenvalue weighted by molar-refractivity contribution is 0.0993. The molecule has 0 unspecified atom stereocenters. The van der Waals surface area contributed by atoms with Crippen molar-refractivity contribution in [3.63, 3.8) is 0 Å². The molecule has 0 spiro atoms. The number of allylic oxidation sites excluding steroid dienone is 2. The molecule has 0 saturated carbocycles. The zero-order valence-electron chi connectivity index (χ0n) is 11.8. The number of hydrogen-bond acceptors (Lipinski definition) is 3. The van der Waals surface area contributed by atoms with Crippen LogP contribution in [0.1, 0.15) is 26.3 Å². The third-order valence-electron chi connectivity index (χ3n) is 3.65. The molecule has 0 heterocycles. The number of ketones is 2. The summed E-state index contributed by atoms with van der Waals surface area (Å²) in [4.78, 5) is 24.9. The number of Topliss-reactive ketones (excluding diaryl/α,β-unsaturated/α-hetero) is 1. The van der Waals surface area contributed by atoms with Crippen molar-refractivity contribution >= 4 is 51.8 Å². The first-order valence-electron chi connectivity index (χ1n) is 6.68. The van der Waals surface area contributed by atoms with E-state index in [1.54, 1.807) is 30.3 Å². The number of phenolic OH excluding ortho intramolecular Hbond substituents is 1. The Labute approximate surface area is 151 Å². The van der Waals surface area contributed by atoms with Crippen LogP contribution in [0.3, 0.4) is 0 Å². The molecular formula is C18H10ClIO3. The summed E-state index contributed by atoms with van der Waals surface area (Å²) >= 11 is 7.88. The summed E-state index contributed by atoms with van der Waals surface area (Å²) in [6.45, 7) is 3.75. The third kappa shape index (κ3) is 2.62. The molecule has 2 aromatic rings. The minimum absolute atomic E-state index is 0.0179. The van der Waals surface area contributed by atoms with Gasteiger partial charge in [0, 0.05) is 33.4 Å². The monoisotopic (exact) mass is 436 g/mol. The molecule has 0 aromatic heterocycles. The van der Waals surface area contributed by atoms with Gasteiger partial charge >= 0.3 is 0 Å². The smallest absolute Gasteiger partial charge is 0.200 e. The van der Waals surface area contributed by atoms with E-state index in [1.165, 1.54) is 12.1 Å². The predicted octanol–water partition coefficient (Wildman–Crippen LogP) is 5.05. The van der Waals surface area contributed by atoms with Crippen LogP contribution in [0.15, 0.2) is 46.6 Å². The van der Waals surface area contributed by atoms with Crippen LogP contribution >= 0.6 is 34.2 Å². The zero-order valence-corrected chi connectivity index (χ0v) is 14.7. The highest BCUT2D eigenvalue weighted by Crippen LogP contribution is 2.40. The zero-order chi connectivity index (χ0) is 16.7. The second-order valence-electron chi connectivity index (χ2n) is 5.00. The lowest BCUT2D eigenvalue weighted by Gasteiger charge is -2.19. The molecular weight excluding hydrogens is 427 g/mol. The van der Waals surface area contributed by atoms with Crippen LogP contribution in [-0.2, 0) is 0 Å². The highest BCUT2D eigenvalue weighted by Gasteiger charge is 2.29. The first kappa shape index (κ1) is 16.0. The molecule has 0 saturated heterocycles. The van der Waals surface area contributed by atoms with E-state index < -0.39 is 0 Å². The van der Waals surface area contributed by atoms with Crippen molar-refractivity contribution in [2.24, 2.45) is 0 Å². The van der Waals surface area contributed by atoms with E-state index in [2.05, 4.69) is 6.58 Å². The normalized spacial score (nSPS) is 13.6. The Morgan fingerprint density at radius 3 is 2.52 bits per heavy atom. The summed E-state index contributed by atoms with van der Waals surface area (Å²) < 4.78 is 0.337. The molecule has 1 aliphatic carbocycles. The van der Waals surface area contributed by atoms with Gasteiger partial charge in [-0.15, -0.1) is 0 Å². The molecule has 1 N–H and O–H groups in total. The van der Waals surface area contributed by atoms with Gasteiger partial charge in [-0.3, -0.25) is 9.59 Å². The lowest BCUT2D eigenvalue weighted by atomic mass is 9.84. The summed E-state index contributed by atoms with van der Waals surface area (Å²) in [7, 11) is 0. The van der Waals surface area contributed by atoms with Gasteiger partial charge in [-0.05, 0) is 52.4 Å². The van der Waals surface area contributed by atoms with E-state index in [0.29, 0.717) is 30.9 Å². The topological polar surface area (TPSA) is 54.4 Å². The first-order chi connectivity index (χ1) is 10.9. The van der Waals surface area contributed by atoms with Crippen molar-refractivity contribution in [3.05, 3.63) is 68.3 Å². The van der Waals surface area contributed by atoms with E-state index in [-0.39, 0.29) is 22.9 Å². The fraction of sp³-hybridized carbons (Fsp3) is 0. The van der Waals surface area contributed by atoms with E-state index in [9.17, 15) is 14.7 Å². The fourth-order valence-electron chi connectivity index (χ4n) is 2.61. The Hall–Kier alpha value is -1.92. The van der Waals surface area contributed by atoms with Gasteiger partial charge in [-0.25, -0.2) is 0 Å². The second kappa shape index (κ2) is 5.94.